The number of aliphatic imine (C=N–C) groups is 1. The molecule has 0 saturated heterocycles. The maximum absolute atomic E-state index is 5.96. The van der Waals surface area contributed by atoms with Gasteiger partial charge in [0.25, 0.3) is 0 Å². The molecule has 0 bridgehead atoms. The second-order valence-corrected chi connectivity index (χ2v) is 5.99. The third-order valence-corrected chi connectivity index (χ3v) is 3.97. The van der Waals surface area contributed by atoms with E-state index in [4.69, 9.17) is 9.47 Å². The Kier molecular flexibility index (Phi) is 11.6. The normalized spacial score (nSPS) is 14.9. The molecule has 7 heteroatoms. The number of aromatic nitrogens is 1. The van der Waals surface area contributed by atoms with Crippen molar-refractivity contribution in [2.75, 3.05) is 26.8 Å². The number of ether oxygens (including phenoxy) is 2. The van der Waals surface area contributed by atoms with Gasteiger partial charge in [-0.1, -0.05) is 0 Å². The van der Waals surface area contributed by atoms with Crippen molar-refractivity contribution in [2.24, 2.45) is 4.99 Å². The number of nitrogens with one attached hydrogen (secondary N) is 2. The van der Waals surface area contributed by atoms with Crippen molar-refractivity contribution in [1.82, 2.24) is 15.6 Å². The highest BCUT2D eigenvalue weighted by atomic mass is 127. The third kappa shape index (κ3) is 8.71. The summed E-state index contributed by atoms with van der Waals surface area (Å²) in [4.78, 5) is 8.95. The average Bonchev–Trinajstić information content (AvgIpc) is 3.10. The van der Waals surface area contributed by atoms with Crippen molar-refractivity contribution in [3.63, 3.8) is 0 Å². The standard InChI is InChI=1S/C18H30N4O2.HI/c1-3-19-18(21-10-6-12-23-2)22-14-15-9-11-20-17(13-15)24-16-7-4-5-8-16;/h9,11,13,16H,3-8,10,12,14H2,1-2H3,(H2,19,21,22);1H. The van der Waals surface area contributed by atoms with E-state index in [2.05, 4.69) is 27.5 Å². The minimum Gasteiger partial charge on any atom is -0.474 e. The van der Waals surface area contributed by atoms with Gasteiger partial charge in [-0.15, -0.1) is 24.0 Å². The van der Waals surface area contributed by atoms with Gasteiger partial charge in [0.15, 0.2) is 5.96 Å². The van der Waals surface area contributed by atoms with Crippen LogP contribution in [0.3, 0.4) is 0 Å². The predicted octanol–water partition coefficient (Wildman–Crippen LogP) is 3.11. The fourth-order valence-electron chi connectivity index (χ4n) is 2.73. The van der Waals surface area contributed by atoms with Crippen LogP contribution in [0.2, 0.25) is 0 Å². The second kappa shape index (κ2) is 13.2. The Morgan fingerprint density at radius 2 is 2.12 bits per heavy atom. The topological polar surface area (TPSA) is 67.8 Å². The summed E-state index contributed by atoms with van der Waals surface area (Å²) in [6, 6.07) is 3.98. The quantitative estimate of drug-likeness (QED) is 0.256. The summed E-state index contributed by atoms with van der Waals surface area (Å²) in [6.45, 7) is 5.09. The molecule has 0 aromatic carbocycles. The van der Waals surface area contributed by atoms with E-state index in [0.29, 0.717) is 18.5 Å². The lowest BCUT2D eigenvalue weighted by molar-refractivity contribution is 0.195. The maximum Gasteiger partial charge on any atom is 0.213 e. The Hall–Kier alpha value is -1.09. The minimum atomic E-state index is 0. The molecule has 1 aromatic heterocycles. The largest absolute Gasteiger partial charge is 0.474 e. The Morgan fingerprint density at radius 1 is 1.32 bits per heavy atom. The molecule has 0 spiro atoms. The number of rotatable bonds is 9. The van der Waals surface area contributed by atoms with Crippen molar-refractivity contribution in [1.29, 1.82) is 0 Å². The van der Waals surface area contributed by atoms with Crippen molar-refractivity contribution in [3.05, 3.63) is 23.9 Å². The zero-order valence-corrected chi connectivity index (χ0v) is 17.6. The summed E-state index contributed by atoms with van der Waals surface area (Å²) >= 11 is 0. The molecule has 1 saturated carbocycles. The molecule has 1 aromatic rings. The molecular weight excluding hydrogens is 431 g/mol. The molecule has 0 atom stereocenters. The summed E-state index contributed by atoms with van der Waals surface area (Å²) in [5.74, 6) is 1.54. The summed E-state index contributed by atoms with van der Waals surface area (Å²) in [5, 5.41) is 6.57. The summed E-state index contributed by atoms with van der Waals surface area (Å²) in [6.07, 6.45) is 7.88. The highest BCUT2D eigenvalue weighted by Gasteiger charge is 2.16. The van der Waals surface area contributed by atoms with Gasteiger partial charge in [-0.05, 0) is 50.7 Å². The van der Waals surface area contributed by atoms with Gasteiger partial charge in [0.1, 0.15) is 6.10 Å². The number of halogens is 1. The number of hydrogen-bond acceptors (Lipinski definition) is 4. The highest BCUT2D eigenvalue weighted by molar-refractivity contribution is 14.0. The van der Waals surface area contributed by atoms with Gasteiger partial charge in [-0.25, -0.2) is 9.98 Å². The number of guanidine groups is 1. The van der Waals surface area contributed by atoms with Crippen molar-refractivity contribution >= 4 is 29.9 Å². The van der Waals surface area contributed by atoms with Crippen LogP contribution in [-0.4, -0.2) is 43.9 Å². The van der Waals surface area contributed by atoms with Crippen LogP contribution in [0, 0.1) is 0 Å². The van der Waals surface area contributed by atoms with Crippen LogP contribution in [0.15, 0.2) is 23.3 Å². The van der Waals surface area contributed by atoms with Crippen LogP contribution < -0.4 is 15.4 Å². The molecule has 1 aliphatic rings. The van der Waals surface area contributed by atoms with Gasteiger partial charge in [-0.3, -0.25) is 0 Å². The third-order valence-electron chi connectivity index (χ3n) is 3.97. The van der Waals surface area contributed by atoms with Gasteiger partial charge >= 0.3 is 0 Å². The molecule has 0 amide bonds. The molecule has 1 aliphatic carbocycles. The van der Waals surface area contributed by atoms with E-state index in [1.807, 2.05) is 12.1 Å². The Bertz CT molecular complexity index is 508. The van der Waals surface area contributed by atoms with Gasteiger partial charge in [-0.2, -0.15) is 0 Å². The number of methoxy groups -OCH3 is 1. The van der Waals surface area contributed by atoms with Crippen LogP contribution in [-0.2, 0) is 11.3 Å². The van der Waals surface area contributed by atoms with Gasteiger partial charge < -0.3 is 20.1 Å². The Balaban J connectivity index is 0.00000312. The summed E-state index contributed by atoms with van der Waals surface area (Å²) < 4.78 is 11.0. The molecule has 0 aliphatic heterocycles. The second-order valence-electron chi connectivity index (χ2n) is 5.99. The van der Waals surface area contributed by atoms with Crippen molar-refractivity contribution < 1.29 is 9.47 Å². The molecule has 2 rings (SSSR count). The van der Waals surface area contributed by atoms with E-state index in [-0.39, 0.29) is 24.0 Å². The van der Waals surface area contributed by atoms with Crippen molar-refractivity contribution in [3.8, 4) is 5.88 Å². The SMILES string of the molecule is CCNC(=NCc1ccnc(OC2CCCC2)c1)NCCCOC.I. The van der Waals surface area contributed by atoms with Gasteiger partial charge in [0.05, 0.1) is 6.54 Å². The van der Waals surface area contributed by atoms with Crippen LogP contribution in [0.1, 0.15) is 44.6 Å². The van der Waals surface area contributed by atoms with E-state index in [1.165, 1.54) is 12.8 Å². The Labute approximate surface area is 168 Å². The van der Waals surface area contributed by atoms with E-state index >= 15 is 0 Å². The van der Waals surface area contributed by atoms with Gasteiger partial charge in [0, 0.05) is 39.1 Å². The zero-order valence-electron chi connectivity index (χ0n) is 15.3. The Morgan fingerprint density at radius 3 is 2.84 bits per heavy atom. The number of nitrogens with zero attached hydrogens (tertiary/aromatic N) is 2. The fourth-order valence-corrected chi connectivity index (χ4v) is 2.73. The van der Waals surface area contributed by atoms with Crippen LogP contribution in [0.25, 0.3) is 0 Å². The number of hydrogen-bond donors (Lipinski definition) is 2. The van der Waals surface area contributed by atoms with Crippen molar-refractivity contribution in [2.45, 2.75) is 51.7 Å². The molecule has 2 N–H and O–H groups in total. The number of pyridine rings is 1. The molecule has 25 heavy (non-hydrogen) atoms. The lowest BCUT2D eigenvalue weighted by Gasteiger charge is -2.13. The molecule has 1 fully saturated rings. The van der Waals surface area contributed by atoms with Crippen LogP contribution >= 0.6 is 24.0 Å². The lowest BCUT2D eigenvalue weighted by Crippen LogP contribution is -2.38. The smallest absolute Gasteiger partial charge is 0.213 e. The van der Waals surface area contributed by atoms with Gasteiger partial charge in [0.2, 0.25) is 5.88 Å². The average molecular weight is 462 g/mol. The predicted molar refractivity (Wildman–Crippen MR) is 112 cm³/mol. The fraction of sp³-hybridized carbons (Fsp3) is 0.667. The molecule has 1 heterocycles. The molecule has 0 unspecified atom stereocenters. The minimum absolute atomic E-state index is 0. The van der Waals surface area contributed by atoms with Crippen LogP contribution in [0.4, 0.5) is 0 Å². The lowest BCUT2D eigenvalue weighted by atomic mass is 10.2. The maximum atomic E-state index is 5.96. The molecule has 6 nitrogen and oxygen atoms in total. The highest BCUT2D eigenvalue weighted by Crippen LogP contribution is 2.23. The molecular formula is C18H31IN4O2. The first-order chi connectivity index (χ1) is 11.8. The first-order valence-corrected chi connectivity index (χ1v) is 8.94. The summed E-state index contributed by atoms with van der Waals surface area (Å²) in [7, 11) is 1.72. The first-order valence-electron chi connectivity index (χ1n) is 8.94. The van der Waals surface area contributed by atoms with E-state index in [0.717, 1.165) is 50.5 Å². The summed E-state index contributed by atoms with van der Waals surface area (Å²) in [5.41, 5.74) is 1.10. The molecule has 0 radical (unpaired) electrons. The van der Waals surface area contributed by atoms with E-state index in [1.54, 1.807) is 13.3 Å². The van der Waals surface area contributed by atoms with Crippen LogP contribution in [0.5, 0.6) is 5.88 Å². The molecule has 142 valence electrons. The first kappa shape index (κ1) is 22.0. The van der Waals surface area contributed by atoms with E-state index < -0.39 is 0 Å². The zero-order chi connectivity index (χ0) is 17.0. The monoisotopic (exact) mass is 462 g/mol. The van der Waals surface area contributed by atoms with E-state index in [9.17, 15) is 0 Å².